The van der Waals surface area contributed by atoms with Crippen molar-refractivity contribution in [1.82, 2.24) is 14.7 Å². The van der Waals surface area contributed by atoms with E-state index in [1.807, 2.05) is 32.0 Å². The monoisotopic (exact) mass is 315 g/mol. The molecular formula is C17H21N3O3. The first-order valence-corrected chi connectivity index (χ1v) is 7.76. The maximum Gasteiger partial charge on any atom is 0.257 e. The van der Waals surface area contributed by atoms with Crippen molar-refractivity contribution < 1.29 is 14.3 Å². The molecule has 3 rings (SSSR count). The molecule has 1 unspecified atom stereocenters. The number of rotatable bonds is 3. The van der Waals surface area contributed by atoms with Crippen molar-refractivity contribution in [3.05, 3.63) is 41.7 Å². The van der Waals surface area contributed by atoms with E-state index in [4.69, 9.17) is 9.47 Å². The van der Waals surface area contributed by atoms with Crippen molar-refractivity contribution >= 4 is 5.91 Å². The fraction of sp³-hybridized carbons (Fsp3) is 0.412. The summed E-state index contributed by atoms with van der Waals surface area (Å²) in [4.78, 5) is 14.6. The Hall–Kier alpha value is -2.50. The topological polar surface area (TPSA) is 56.6 Å². The molecule has 6 nitrogen and oxygen atoms in total. The summed E-state index contributed by atoms with van der Waals surface area (Å²) in [7, 11) is 1.63. The van der Waals surface area contributed by atoms with Crippen LogP contribution in [0.3, 0.4) is 0 Å². The SMILES string of the molecule is CCn1cc(C(=O)N2Cc3ccc(OC)cc3OC(C)C2)cn1. The molecule has 0 bridgehead atoms. The van der Waals surface area contributed by atoms with Gasteiger partial charge in [0.15, 0.2) is 0 Å². The Labute approximate surface area is 135 Å². The Kier molecular flexibility index (Phi) is 4.23. The summed E-state index contributed by atoms with van der Waals surface area (Å²) < 4.78 is 12.9. The molecule has 1 aromatic carbocycles. The molecule has 0 spiro atoms. The highest BCUT2D eigenvalue weighted by Gasteiger charge is 2.25. The van der Waals surface area contributed by atoms with Crippen LogP contribution in [0.2, 0.25) is 0 Å². The highest BCUT2D eigenvalue weighted by Crippen LogP contribution is 2.29. The number of carbonyl (C=O) groups excluding carboxylic acids is 1. The van der Waals surface area contributed by atoms with E-state index >= 15 is 0 Å². The summed E-state index contributed by atoms with van der Waals surface area (Å²) in [6.07, 6.45) is 3.32. The molecule has 2 heterocycles. The van der Waals surface area contributed by atoms with E-state index in [0.29, 0.717) is 18.7 Å². The van der Waals surface area contributed by atoms with Gasteiger partial charge in [-0.25, -0.2) is 0 Å². The smallest absolute Gasteiger partial charge is 0.257 e. The van der Waals surface area contributed by atoms with E-state index in [9.17, 15) is 4.79 Å². The van der Waals surface area contributed by atoms with Gasteiger partial charge in [-0.05, 0) is 26.0 Å². The van der Waals surface area contributed by atoms with Gasteiger partial charge in [0, 0.05) is 30.9 Å². The average molecular weight is 315 g/mol. The van der Waals surface area contributed by atoms with Gasteiger partial charge in [0.25, 0.3) is 5.91 Å². The zero-order valence-corrected chi connectivity index (χ0v) is 13.7. The predicted molar refractivity (Wildman–Crippen MR) is 85.7 cm³/mol. The van der Waals surface area contributed by atoms with Gasteiger partial charge in [0.05, 0.1) is 25.4 Å². The van der Waals surface area contributed by atoms with E-state index in [2.05, 4.69) is 5.10 Å². The minimum Gasteiger partial charge on any atom is -0.497 e. The molecule has 6 heteroatoms. The van der Waals surface area contributed by atoms with E-state index in [0.717, 1.165) is 23.6 Å². The van der Waals surface area contributed by atoms with Gasteiger partial charge in [0.1, 0.15) is 17.6 Å². The van der Waals surface area contributed by atoms with E-state index < -0.39 is 0 Å². The van der Waals surface area contributed by atoms with E-state index in [-0.39, 0.29) is 12.0 Å². The highest BCUT2D eigenvalue weighted by atomic mass is 16.5. The van der Waals surface area contributed by atoms with Crippen molar-refractivity contribution in [3.8, 4) is 11.5 Å². The molecule has 1 aliphatic rings. The van der Waals surface area contributed by atoms with Crippen molar-refractivity contribution in [2.24, 2.45) is 0 Å². The molecule has 23 heavy (non-hydrogen) atoms. The second kappa shape index (κ2) is 6.32. The summed E-state index contributed by atoms with van der Waals surface area (Å²) in [5.74, 6) is 1.50. The lowest BCUT2D eigenvalue weighted by atomic mass is 10.1. The molecule has 1 atom stereocenters. The summed E-state index contributed by atoms with van der Waals surface area (Å²) in [6, 6.07) is 5.70. The van der Waals surface area contributed by atoms with Crippen LogP contribution in [0.25, 0.3) is 0 Å². The lowest BCUT2D eigenvalue weighted by Crippen LogP contribution is -2.35. The van der Waals surface area contributed by atoms with Crippen LogP contribution in [0.4, 0.5) is 0 Å². The molecule has 0 aliphatic carbocycles. The zero-order chi connectivity index (χ0) is 16.4. The lowest BCUT2D eigenvalue weighted by molar-refractivity contribution is 0.0690. The minimum atomic E-state index is -0.0893. The maximum absolute atomic E-state index is 12.8. The number of hydrogen-bond donors (Lipinski definition) is 0. The van der Waals surface area contributed by atoms with Crippen molar-refractivity contribution in [2.75, 3.05) is 13.7 Å². The third kappa shape index (κ3) is 3.16. The quantitative estimate of drug-likeness (QED) is 0.872. The second-order valence-electron chi connectivity index (χ2n) is 5.67. The van der Waals surface area contributed by atoms with Crippen LogP contribution in [-0.2, 0) is 13.1 Å². The number of hydrogen-bond acceptors (Lipinski definition) is 4. The molecule has 0 saturated heterocycles. The number of benzene rings is 1. The second-order valence-corrected chi connectivity index (χ2v) is 5.67. The van der Waals surface area contributed by atoms with Crippen molar-refractivity contribution in [1.29, 1.82) is 0 Å². The normalized spacial score (nSPS) is 17.2. The van der Waals surface area contributed by atoms with Gasteiger partial charge in [-0.2, -0.15) is 5.10 Å². The average Bonchev–Trinajstić information content (AvgIpc) is 2.97. The Bertz CT molecular complexity index is 711. The maximum atomic E-state index is 12.8. The molecular weight excluding hydrogens is 294 g/mol. The van der Waals surface area contributed by atoms with Gasteiger partial charge in [0.2, 0.25) is 0 Å². The summed E-state index contributed by atoms with van der Waals surface area (Å²) in [5, 5.41) is 4.18. The fourth-order valence-corrected chi connectivity index (χ4v) is 2.72. The summed E-state index contributed by atoms with van der Waals surface area (Å²) in [6.45, 7) is 5.75. The predicted octanol–water partition coefficient (Wildman–Crippen LogP) is 2.33. The number of amides is 1. The zero-order valence-electron chi connectivity index (χ0n) is 13.7. The Morgan fingerprint density at radius 1 is 1.48 bits per heavy atom. The molecule has 1 aliphatic heterocycles. The number of carbonyl (C=O) groups is 1. The van der Waals surface area contributed by atoms with Gasteiger partial charge >= 0.3 is 0 Å². The van der Waals surface area contributed by atoms with Crippen LogP contribution in [0.1, 0.15) is 29.8 Å². The highest BCUT2D eigenvalue weighted by molar-refractivity contribution is 5.93. The molecule has 0 radical (unpaired) electrons. The Morgan fingerprint density at radius 2 is 2.30 bits per heavy atom. The first-order chi connectivity index (χ1) is 11.1. The largest absolute Gasteiger partial charge is 0.497 e. The van der Waals surface area contributed by atoms with Crippen molar-refractivity contribution in [2.45, 2.75) is 33.0 Å². The summed E-state index contributed by atoms with van der Waals surface area (Å²) in [5.41, 5.74) is 1.59. The van der Waals surface area contributed by atoms with Crippen LogP contribution < -0.4 is 9.47 Å². The van der Waals surface area contributed by atoms with Gasteiger partial charge in [-0.3, -0.25) is 9.48 Å². The van der Waals surface area contributed by atoms with E-state index in [1.54, 1.807) is 29.1 Å². The number of aryl methyl sites for hydroxylation is 1. The molecule has 0 N–H and O–H groups in total. The fourth-order valence-electron chi connectivity index (χ4n) is 2.72. The van der Waals surface area contributed by atoms with E-state index in [1.165, 1.54) is 0 Å². The Morgan fingerprint density at radius 3 is 3.00 bits per heavy atom. The lowest BCUT2D eigenvalue weighted by Gasteiger charge is -2.21. The number of ether oxygens (including phenoxy) is 2. The third-order valence-electron chi connectivity index (χ3n) is 3.93. The standard InChI is InChI=1S/C17H21N3O3/c1-4-20-11-14(8-18-20)17(21)19-9-12(2)23-16-7-15(22-3)6-5-13(16)10-19/h5-8,11-12H,4,9-10H2,1-3H3. The van der Waals surface area contributed by atoms with Crippen molar-refractivity contribution in [3.63, 3.8) is 0 Å². The van der Waals surface area contributed by atoms with Crippen LogP contribution in [-0.4, -0.2) is 40.3 Å². The minimum absolute atomic E-state index is 0.0242. The molecule has 0 fully saturated rings. The molecule has 1 aromatic heterocycles. The number of aromatic nitrogens is 2. The number of fused-ring (bicyclic) bond motifs is 1. The van der Waals surface area contributed by atoms with Gasteiger partial charge in [-0.15, -0.1) is 0 Å². The molecule has 0 saturated carbocycles. The summed E-state index contributed by atoms with van der Waals surface area (Å²) >= 11 is 0. The van der Waals surface area contributed by atoms with Crippen LogP contribution in [0, 0.1) is 0 Å². The molecule has 1 amide bonds. The van der Waals surface area contributed by atoms with Gasteiger partial charge < -0.3 is 14.4 Å². The van der Waals surface area contributed by atoms with Crippen LogP contribution in [0.15, 0.2) is 30.6 Å². The molecule has 2 aromatic rings. The number of nitrogens with zero attached hydrogens (tertiary/aromatic N) is 3. The number of methoxy groups -OCH3 is 1. The first kappa shape index (κ1) is 15.4. The van der Waals surface area contributed by atoms with Gasteiger partial charge in [-0.1, -0.05) is 0 Å². The third-order valence-corrected chi connectivity index (χ3v) is 3.93. The van der Waals surface area contributed by atoms with Crippen LogP contribution >= 0.6 is 0 Å². The Balaban J connectivity index is 1.86. The first-order valence-electron chi connectivity index (χ1n) is 7.76. The molecule has 122 valence electrons. The van der Waals surface area contributed by atoms with Crippen LogP contribution in [0.5, 0.6) is 11.5 Å².